The molecule has 0 spiro atoms. The molecule has 3 saturated heterocycles. The number of aliphatic hydroxyl groups excluding tert-OH is 1. The van der Waals surface area contributed by atoms with E-state index in [2.05, 4.69) is 48.0 Å². The van der Waals surface area contributed by atoms with Gasteiger partial charge in [0, 0.05) is 35.9 Å². The van der Waals surface area contributed by atoms with Crippen molar-refractivity contribution in [1.82, 2.24) is 4.98 Å². The minimum Gasteiger partial charge on any atom is -0.497 e. The molecule has 6 rings (SSSR count). The zero-order valence-electron chi connectivity index (χ0n) is 18.2. The number of fused-ring (bicyclic) bond motifs is 4. The van der Waals surface area contributed by atoms with Gasteiger partial charge in [-0.05, 0) is 35.7 Å². The molecule has 3 unspecified atom stereocenters. The van der Waals surface area contributed by atoms with Crippen molar-refractivity contribution in [2.45, 2.75) is 31.5 Å². The Bertz CT molecular complexity index is 1080. The van der Waals surface area contributed by atoms with Gasteiger partial charge in [0.25, 0.3) is 0 Å². The fourth-order valence-corrected chi connectivity index (χ4v) is 6.07. The average molecular weight is 416 g/mol. The third-order valence-corrected chi connectivity index (χ3v) is 7.68. The van der Waals surface area contributed by atoms with Crippen LogP contribution in [0.4, 0.5) is 0 Å². The van der Waals surface area contributed by atoms with E-state index in [-0.39, 0.29) is 6.04 Å². The van der Waals surface area contributed by atoms with Crippen LogP contribution in [0.15, 0.2) is 73.4 Å². The summed E-state index contributed by atoms with van der Waals surface area (Å²) < 4.78 is 6.38. The van der Waals surface area contributed by atoms with Crippen molar-refractivity contribution in [1.29, 1.82) is 0 Å². The molecule has 4 nitrogen and oxygen atoms in total. The van der Waals surface area contributed by atoms with Gasteiger partial charge in [0.1, 0.15) is 24.4 Å². The number of hydrogen-bond donors (Lipinski definition) is 1. The van der Waals surface area contributed by atoms with Gasteiger partial charge in [0.2, 0.25) is 0 Å². The highest BCUT2D eigenvalue weighted by atomic mass is 16.5. The summed E-state index contributed by atoms with van der Waals surface area (Å²) in [4.78, 5) is 4.52. The summed E-state index contributed by atoms with van der Waals surface area (Å²) >= 11 is 0. The van der Waals surface area contributed by atoms with Gasteiger partial charge in [0.15, 0.2) is 0 Å². The lowest BCUT2D eigenvalue weighted by molar-refractivity contribution is -0.984. The zero-order chi connectivity index (χ0) is 21.4. The highest BCUT2D eigenvalue weighted by molar-refractivity contribution is 5.83. The number of pyridine rings is 1. The van der Waals surface area contributed by atoms with Crippen LogP contribution in [0.5, 0.6) is 5.75 Å². The van der Waals surface area contributed by atoms with Crippen LogP contribution in [0.3, 0.4) is 0 Å². The molecule has 4 heterocycles. The Morgan fingerprint density at radius 3 is 2.84 bits per heavy atom. The second kappa shape index (κ2) is 8.10. The number of aliphatic hydroxyl groups is 1. The molecule has 2 bridgehead atoms. The van der Waals surface area contributed by atoms with Crippen molar-refractivity contribution in [2.24, 2.45) is 11.8 Å². The van der Waals surface area contributed by atoms with E-state index in [1.807, 2.05) is 30.5 Å². The Kier molecular flexibility index (Phi) is 5.28. The average Bonchev–Trinajstić information content (AvgIpc) is 2.83. The number of rotatable bonds is 6. The summed E-state index contributed by atoms with van der Waals surface area (Å²) in [5, 5.41) is 12.8. The van der Waals surface area contributed by atoms with E-state index in [1.165, 1.54) is 12.0 Å². The van der Waals surface area contributed by atoms with Crippen molar-refractivity contribution in [3.8, 4) is 5.75 Å². The third-order valence-electron chi connectivity index (χ3n) is 7.68. The van der Waals surface area contributed by atoms with Gasteiger partial charge >= 0.3 is 0 Å². The van der Waals surface area contributed by atoms with Crippen molar-refractivity contribution >= 4 is 10.9 Å². The number of ether oxygens (including phenoxy) is 1. The zero-order valence-corrected chi connectivity index (χ0v) is 18.2. The van der Waals surface area contributed by atoms with Crippen LogP contribution in [0.2, 0.25) is 0 Å². The van der Waals surface area contributed by atoms with Crippen LogP contribution in [0.1, 0.15) is 30.1 Å². The second-order valence-electron chi connectivity index (χ2n) is 9.25. The molecule has 0 radical (unpaired) electrons. The lowest BCUT2D eigenvalue weighted by atomic mass is 9.71. The Hall–Kier alpha value is -2.69. The molecule has 3 aromatic rings. The molecule has 0 aliphatic carbocycles. The monoisotopic (exact) mass is 415 g/mol. The quantitative estimate of drug-likeness (QED) is 0.460. The number of aromatic nitrogens is 1. The van der Waals surface area contributed by atoms with Crippen molar-refractivity contribution in [2.75, 3.05) is 20.2 Å². The first kappa shape index (κ1) is 20.2. The maximum absolute atomic E-state index is 11.8. The topological polar surface area (TPSA) is 42.4 Å². The first-order valence-electron chi connectivity index (χ1n) is 11.3. The van der Waals surface area contributed by atoms with Crippen molar-refractivity contribution < 1.29 is 14.3 Å². The molecule has 31 heavy (non-hydrogen) atoms. The summed E-state index contributed by atoms with van der Waals surface area (Å²) in [6.07, 6.45) is 5.65. The molecule has 0 amide bonds. The van der Waals surface area contributed by atoms with Crippen LogP contribution >= 0.6 is 0 Å². The van der Waals surface area contributed by atoms with E-state index in [1.54, 1.807) is 7.11 Å². The van der Waals surface area contributed by atoms with Gasteiger partial charge in [-0.1, -0.05) is 36.4 Å². The third kappa shape index (κ3) is 3.54. The molecule has 160 valence electrons. The minimum atomic E-state index is -0.546. The SMILES string of the molecule is C=CC1C[N+]2(Cc3ccccc3)CCC1C[C@H]2[C@H](O)c1ccnc2ccc(OC)cc12. The molecule has 3 fully saturated rings. The standard InChI is InChI=1S/C27H31N2O2/c1-3-20-18-29(17-19-7-5-4-6-8-19)14-12-21(20)15-26(29)27(30)23-11-13-28-25-10-9-22(31-2)16-24(23)25/h3-11,13,16,20-21,26-27,30H,1,12,14-15,17-18H2,2H3/q+1/t20?,21?,26-,27+,29?/m0/s1. The van der Waals surface area contributed by atoms with E-state index in [9.17, 15) is 5.11 Å². The number of hydrogen-bond acceptors (Lipinski definition) is 3. The highest BCUT2D eigenvalue weighted by Gasteiger charge is 2.53. The maximum atomic E-state index is 11.8. The number of piperidine rings is 3. The molecule has 4 heteroatoms. The maximum Gasteiger partial charge on any atom is 0.131 e. The molecular weight excluding hydrogens is 384 g/mol. The predicted octanol–water partition coefficient (Wildman–Crippen LogP) is 4.89. The molecule has 2 aromatic carbocycles. The highest BCUT2D eigenvalue weighted by Crippen LogP contribution is 2.48. The molecule has 0 saturated carbocycles. The van der Waals surface area contributed by atoms with Crippen molar-refractivity contribution in [3.63, 3.8) is 0 Å². The molecule has 3 aliphatic rings. The van der Waals surface area contributed by atoms with Crippen molar-refractivity contribution in [3.05, 3.63) is 84.6 Å². The Morgan fingerprint density at radius 2 is 2.06 bits per heavy atom. The largest absolute Gasteiger partial charge is 0.497 e. The minimum absolute atomic E-state index is 0.159. The Labute approximate surface area is 184 Å². The molecule has 1 aromatic heterocycles. The summed E-state index contributed by atoms with van der Waals surface area (Å²) in [5.74, 6) is 1.92. The number of nitrogens with zero attached hydrogens (tertiary/aromatic N) is 2. The van der Waals surface area contributed by atoms with Gasteiger partial charge in [-0.15, -0.1) is 6.58 Å². The number of benzene rings is 2. The van der Waals surface area contributed by atoms with Crippen LogP contribution in [0.25, 0.3) is 10.9 Å². The lowest BCUT2D eigenvalue weighted by Gasteiger charge is -2.58. The van der Waals surface area contributed by atoms with E-state index in [4.69, 9.17) is 4.74 Å². The normalized spacial score (nSPS) is 28.4. The van der Waals surface area contributed by atoms with Crippen LogP contribution in [0, 0.1) is 11.8 Å². The molecule has 1 N–H and O–H groups in total. The summed E-state index contributed by atoms with van der Waals surface area (Å²) in [6, 6.07) is 18.8. The summed E-state index contributed by atoms with van der Waals surface area (Å²) in [6.45, 7) is 7.25. The molecule has 5 atom stereocenters. The van der Waals surface area contributed by atoms with E-state index >= 15 is 0 Å². The first-order chi connectivity index (χ1) is 15.1. The molecule has 3 aliphatic heterocycles. The van der Waals surface area contributed by atoms with Gasteiger partial charge in [-0.2, -0.15) is 0 Å². The number of quaternary nitrogens is 1. The van der Waals surface area contributed by atoms with E-state index < -0.39 is 6.10 Å². The fourth-order valence-electron chi connectivity index (χ4n) is 6.07. The van der Waals surface area contributed by atoms with Gasteiger partial charge in [0.05, 0.1) is 25.7 Å². The number of methoxy groups -OCH3 is 1. The Morgan fingerprint density at radius 1 is 1.23 bits per heavy atom. The summed E-state index contributed by atoms with van der Waals surface area (Å²) in [5.41, 5.74) is 3.19. The van der Waals surface area contributed by atoms with Gasteiger partial charge in [-0.25, -0.2) is 0 Å². The van der Waals surface area contributed by atoms with Crippen LogP contribution < -0.4 is 4.74 Å². The Balaban J connectivity index is 1.56. The van der Waals surface area contributed by atoms with Crippen LogP contribution in [-0.4, -0.2) is 40.8 Å². The predicted molar refractivity (Wildman–Crippen MR) is 124 cm³/mol. The second-order valence-corrected chi connectivity index (χ2v) is 9.25. The van der Waals surface area contributed by atoms with Crippen LogP contribution in [-0.2, 0) is 6.54 Å². The van der Waals surface area contributed by atoms with E-state index in [0.717, 1.165) is 52.8 Å². The summed E-state index contributed by atoms with van der Waals surface area (Å²) in [7, 11) is 1.68. The first-order valence-corrected chi connectivity index (χ1v) is 11.3. The van der Waals surface area contributed by atoms with Gasteiger partial charge in [-0.3, -0.25) is 4.98 Å². The molecular formula is C27H31N2O2+. The van der Waals surface area contributed by atoms with E-state index in [0.29, 0.717) is 11.8 Å². The smallest absolute Gasteiger partial charge is 0.131 e. The lowest BCUT2D eigenvalue weighted by Crippen LogP contribution is -2.67. The van der Waals surface area contributed by atoms with Gasteiger partial charge < -0.3 is 14.3 Å². The fraction of sp³-hybridized carbons (Fsp3) is 0.370.